The minimum absolute atomic E-state index is 0.0118. The monoisotopic (exact) mass is 418 g/mol. The standard InChI is InChI=1S/C24H30N6O/c1-16-14-17(2)26-24(25-16)30-19(4)21(18(3)28-30)15-23(31)29-13-9-8-12-22(29)27-20-10-6-5-7-11-20/h8-9,12-14,20H,5-7,10-11,15H2,1-4H3. The number of hydrogen-bond donors (Lipinski definition) is 0. The van der Waals surface area contributed by atoms with E-state index in [4.69, 9.17) is 4.99 Å². The Morgan fingerprint density at radius 2 is 1.77 bits per heavy atom. The normalized spacial score (nSPS) is 15.4. The van der Waals surface area contributed by atoms with Crippen LogP contribution in [0.5, 0.6) is 0 Å². The highest BCUT2D eigenvalue weighted by atomic mass is 16.2. The summed E-state index contributed by atoms with van der Waals surface area (Å²) in [7, 11) is 0. The first-order valence-electron chi connectivity index (χ1n) is 11.0. The molecule has 7 nitrogen and oxygen atoms in total. The summed E-state index contributed by atoms with van der Waals surface area (Å²) in [4.78, 5) is 27.2. The molecule has 7 heteroatoms. The molecule has 0 aromatic carbocycles. The molecule has 4 rings (SSSR count). The molecule has 0 amide bonds. The van der Waals surface area contributed by atoms with E-state index >= 15 is 0 Å². The van der Waals surface area contributed by atoms with Crippen molar-refractivity contribution in [3.63, 3.8) is 0 Å². The van der Waals surface area contributed by atoms with Gasteiger partial charge in [0.25, 0.3) is 5.95 Å². The second kappa shape index (κ2) is 8.96. The van der Waals surface area contributed by atoms with Gasteiger partial charge in [-0.05, 0) is 58.7 Å². The van der Waals surface area contributed by atoms with Gasteiger partial charge in [0, 0.05) is 28.8 Å². The van der Waals surface area contributed by atoms with Gasteiger partial charge in [0.15, 0.2) is 0 Å². The molecule has 0 saturated heterocycles. The first-order chi connectivity index (χ1) is 14.9. The lowest BCUT2D eigenvalue weighted by Gasteiger charge is -2.17. The Balaban J connectivity index is 1.64. The van der Waals surface area contributed by atoms with Crippen molar-refractivity contribution in [2.45, 2.75) is 72.3 Å². The zero-order valence-corrected chi connectivity index (χ0v) is 18.8. The van der Waals surface area contributed by atoms with Crippen molar-refractivity contribution >= 4 is 5.91 Å². The van der Waals surface area contributed by atoms with Crippen LogP contribution < -0.4 is 5.49 Å². The summed E-state index contributed by atoms with van der Waals surface area (Å²) in [5.74, 6) is 0.527. The van der Waals surface area contributed by atoms with Gasteiger partial charge in [-0.25, -0.2) is 14.6 Å². The van der Waals surface area contributed by atoms with E-state index in [1.807, 2.05) is 58.2 Å². The molecular weight excluding hydrogens is 388 g/mol. The number of aromatic nitrogens is 5. The van der Waals surface area contributed by atoms with Crippen LogP contribution >= 0.6 is 0 Å². The van der Waals surface area contributed by atoms with Crippen molar-refractivity contribution in [2.75, 3.05) is 0 Å². The molecule has 1 fully saturated rings. The van der Waals surface area contributed by atoms with E-state index in [2.05, 4.69) is 15.1 Å². The van der Waals surface area contributed by atoms with E-state index in [-0.39, 0.29) is 12.3 Å². The summed E-state index contributed by atoms with van der Waals surface area (Å²) in [6.45, 7) is 7.78. The summed E-state index contributed by atoms with van der Waals surface area (Å²) in [6, 6.07) is 7.99. The highest BCUT2D eigenvalue weighted by Gasteiger charge is 2.19. The van der Waals surface area contributed by atoms with Crippen molar-refractivity contribution in [2.24, 2.45) is 4.99 Å². The molecule has 1 aliphatic carbocycles. The average Bonchev–Trinajstić information content (AvgIpc) is 3.02. The zero-order chi connectivity index (χ0) is 22.0. The fraction of sp³-hybridized carbons (Fsp3) is 0.458. The Bertz CT molecular complexity index is 1150. The topological polar surface area (TPSA) is 78.0 Å². The summed E-state index contributed by atoms with van der Waals surface area (Å²) < 4.78 is 3.42. The Labute approximate surface area is 182 Å². The Morgan fingerprint density at radius 1 is 1.06 bits per heavy atom. The third-order valence-corrected chi connectivity index (χ3v) is 5.93. The second-order valence-electron chi connectivity index (χ2n) is 8.43. The average molecular weight is 419 g/mol. The van der Waals surface area contributed by atoms with Crippen LogP contribution in [0.25, 0.3) is 5.95 Å². The van der Waals surface area contributed by atoms with E-state index in [1.54, 1.807) is 9.25 Å². The van der Waals surface area contributed by atoms with Crippen LogP contribution in [0.4, 0.5) is 0 Å². The maximum atomic E-state index is 13.3. The van der Waals surface area contributed by atoms with Gasteiger partial charge in [-0.1, -0.05) is 25.3 Å². The van der Waals surface area contributed by atoms with Crippen molar-refractivity contribution in [3.05, 3.63) is 64.3 Å². The molecule has 3 heterocycles. The molecule has 0 aliphatic heterocycles. The third-order valence-electron chi connectivity index (χ3n) is 5.93. The molecular formula is C24H30N6O. The van der Waals surface area contributed by atoms with Gasteiger partial charge in [0.1, 0.15) is 5.49 Å². The van der Waals surface area contributed by atoms with Crippen LogP contribution in [0.3, 0.4) is 0 Å². The molecule has 162 valence electrons. The smallest absolute Gasteiger partial charge is 0.251 e. The van der Waals surface area contributed by atoms with Crippen molar-refractivity contribution in [1.29, 1.82) is 0 Å². The first-order valence-corrected chi connectivity index (χ1v) is 11.0. The summed E-state index contributed by atoms with van der Waals surface area (Å²) in [6.07, 6.45) is 7.98. The zero-order valence-electron chi connectivity index (χ0n) is 18.8. The lowest BCUT2D eigenvalue weighted by atomic mass is 9.96. The molecule has 0 N–H and O–H groups in total. The summed E-state index contributed by atoms with van der Waals surface area (Å²) in [5, 5.41) is 4.63. The predicted octanol–water partition coefficient (Wildman–Crippen LogP) is 3.81. The maximum absolute atomic E-state index is 13.3. The second-order valence-corrected chi connectivity index (χ2v) is 8.43. The van der Waals surface area contributed by atoms with Crippen LogP contribution in [0, 0.1) is 27.7 Å². The van der Waals surface area contributed by atoms with Gasteiger partial charge in [-0.3, -0.25) is 14.4 Å². The lowest BCUT2D eigenvalue weighted by Crippen LogP contribution is -2.30. The summed E-state index contributed by atoms with van der Waals surface area (Å²) in [5.41, 5.74) is 5.13. The SMILES string of the molecule is Cc1cc(C)nc(-n2nc(C)c(CC(=O)n3ccccc3=NC3CCCCC3)c2C)n1. The number of rotatable bonds is 4. The third kappa shape index (κ3) is 4.65. The van der Waals surface area contributed by atoms with Gasteiger partial charge in [0.05, 0.1) is 18.2 Å². The molecule has 0 spiro atoms. The van der Waals surface area contributed by atoms with Crippen molar-refractivity contribution in [1.82, 2.24) is 24.3 Å². The van der Waals surface area contributed by atoms with Gasteiger partial charge in [-0.15, -0.1) is 0 Å². The minimum atomic E-state index is -0.0118. The quantitative estimate of drug-likeness (QED) is 0.645. The highest BCUT2D eigenvalue weighted by Crippen LogP contribution is 2.20. The molecule has 3 aromatic rings. The number of carbonyl (C=O) groups is 1. The molecule has 0 bridgehead atoms. The maximum Gasteiger partial charge on any atom is 0.251 e. The number of aryl methyl sites for hydroxylation is 3. The van der Waals surface area contributed by atoms with Crippen LogP contribution in [-0.2, 0) is 6.42 Å². The van der Waals surface area contributed by atoms with Gasteiger partial charge >= 0.3 is 0 Å². The van der Waals surface area contributed by atoms with E-state index in [0.717, 1.165) is 46.7 Å². The number of pyridine rings is 1. The van der Waals surface area contributed by atoms with Crippen LogP contribution in [-0.4, -0.2) is 36.3 Å². The van der Waals surface area contributed by atoms with Crippen LogP contribution in [0.15, 0.2) is 35.5 Å². The number of hydrogen-bond acceptors (Lipinski definition) is 5. The summed E-state index contributed by atoms with van der Waals surface area (Å²) >= 11 is 0. The minimum Gasteiger partial charge on any atom is -0.274 e. The van der Waals surface area contributed by atoms with E-state index in [1.165, 1.54) is 19.3 Å². The predicted molar refractivity (Wildman–Crippen MR) is 119 cm³/mol. The Kier molecular flexibility index (Phi) is 6.11. The van der Waals surface area contributed by atoms with E-state index < -0.39 is 0 Å². The molecule has 1 aliphatic rings. The van der Waals surface area contributed by atoms with E-state index in [0.29, 0.717) is 12.0 Å². The number of nitrogens with zero attached hydrogens (tertiary/aromatic N) is 6. The fourth-order valence-electron chi connectivity index (χ4n) is 4.31. The van der Waals surface area contributed by atoms with E-state index in [9.17, 15) is 4.79 Å². The Hall–Kier alpha value is -3.09. The van der Waals surface area contributed by atoms with Crippen LogP contribution in [0.1, 0.15) is 65.2 Å². The molecule has 31 heavy (non-hydrogen) atoms. The largest absolute Gasteiger partial charge is 0.274 e. The van der Waals surface area contributed by atoms with Gasteiger partial charge in [-0.2, -0.15) is 5.10 Å². The van der Waals surface area contributed by atoms with Crippen LogP contribution in [0.2, 0.25) is 0 Å². The van der Waals surface area contributed by atoms with Crippen molar-refractivity contribution in [3.8, 4) is 5.95 Å². The molecule has 0 atom stereocenters. The molecule has 0 radical (unpaired) electrons. The molecule has 0 unspecified atom stereocenters. The van der Waals surface area contributed by atoms with Crippen molar-refractivity contribution < 1.29 is 4.79 Å². The van der Waals surface area contributed by atoms with Gasteiger partial charge < -0.3 is 0 Å². The first kappa shape index (κ1) is 21.2. The molecule has 3 aromatic heterocycles. The lowest BCUT2D eigenvalue weighted by molar-refractivity contribution is 0.0907. The molecule has 1 saturated carbocycles. The number of carbonyl (C=O) groups excluding carboxylic acids is 1. The fourth-order valence-corrected chi connectivity index (χ4v) is 4.31. The highest BCUT2D eigenvalue weighted by molar-refractivity contribution is 5.81. The Morgan fingerprint density at radius 3 is 2.48 bits per heavy atom. The van der Waals surface area contributed by atoms with Gasteiger partial charge in [0.2, 0.25) is 5.91 Å².